The smallest absolute Gasteiger partial charge is 0.271 e. The lowest BCUT2D eigenvalue weighted by molar-refractivity contribution is 0.0932. The predicted octanol–water partition coefficient (Wildman–Crippen LogP) is 3.60. The van der Waals surface area contributed by atoms with Crippen molar-refractivity contribution in [1.82, 2.24) is 10.3 Å². The summed E-state index contributed by atoms with van der Waals surface area (Å²) < 4.78 is 0.716. The molecule has 1 atom stereocenters. The number of rotatable bonds is 5. The third-order valence-corrected chi connectivity index (χ3v) is 3.70. The van der Waals surface area contributed by atoms with E-state index in [2.05, 4.69) is 38.4 Å². The van der Waals surface area contributed by atoms with E-state index in [0.29, 0.717) is 10.2 Å². The fourth-order valence-electron chi connectivity index (χ4n) is 1.94. The number of hydrogen-bond donors (Lipinski definition) is 1. The van der Waals surface area contributed by atoms with E-state index >= 15 is 0 Å². The Kier molecular flexibility index (Phi) is 5.30. The molecule has 2 aromatic rings. The summed E-state index contributed by atoms with van der Waals surface area (Å²) in [5.74, 6) is -0.141. The minimum absolute atomic E-state index is 0.108. The number of carbonyl (C=O) groups excluding carboxylic acids is 1. The summed E-state index contributed by atoms with van der Waals surface area (Å²) in [7, 11) is 0. The zero-order valence-electron chi connectivity index (χ0n) is 11.3. The van der Waals surface area contributed by atoms with Gasteiger partial charge in [0, 0.05) is 16.7 Å². The minimum atomic E-state index is -0.141. The molecule has 0 aliphatic carbocycles. The van der Waals surface area contributed by atoms with Crippen molar-refractivity contribution < 1.29 is 4.79 Å². The quantitative estimate of drug-likeness (QED) is 0.908. The molecule has 4 heteroatoms. The normalized spacial score (nSPS) is 11.9. The zero-order chi connectivity index (χ0) is 14.4. The molecule has 1 N–H and O–H groups in total. The van der Waals surface area contributed by atoms with Crippen LogP contribution in [0.15, 0.2) is 53.1 Å². The van der Waals surface area contributed by atoms with Gasteiger partial charge in [0.15, 0.2) is 0 Å². The van der Waals surface area contributed by atoms with Crippen LogP contribution >= 0.6 is 15.9 Å². The maximum atomic E-state index is 12.1. The second-order valence-electron chi connectivity index (χ2n) is 4.73. The third-order valence-electron chi connectivity index (χ3n) is 3.06. The van der Waals surface area contributed by atoms with Crippen molar-refractivity contribution in [1.29, 1.82) is 0 Å². The van der Waals surface area contributed by atoms with Gasteiger partial charge < -0.3 is 5.32 Å². The Balaban J connectivity index is 1.87. The summed E-state index contributed by atoms with van der Waals surface area (Å²) in [6, 6.07) is 14.0. The molecule has 1 heterocycles. The van der Waals surface area contributed by atoms with Gasteiger partial charge in [-0.25, -0.2) is 4.98 Å². The molecule has 3 nitrogen and oxygen atoms in total. The number of nitrogens with zero attached hydrogens (tertiary/aromatic N) is 1. The van der Waals surface area contributed by atoms with Gasteiger partial charge >= 0.3 is 0 Å². The monoisotopic (exact) mass is 332 g/mol. The average Bonchev–Trinajstić information content (AvgIpc) is 2.46. The summed E-state index contributed by atoms with van der Waals surface area (Å²) >= 11 is 3.34. The Bertz CT molecular complexity index is 572. The molecule has 0 radical (unpaired) electrons. The number of aryl methyl sites for hydroxylation is 1. The van der Waals surface area contributed by atoms with Crippen LogP contribution in [0.5, 0.6) is 0 Å². The summed E-state index contributed by atoms with van der Waals surface area (Å²) in [5.41, 5.74) is 1.71. The lowest BCUT2D eigenvalue weighted by Crippen LogP contribution is -2.33. The standard InChI is InChI=1S/C16H17BrN2O/c1-12(9-10-13-6-3-2-4-7-13)19-16(20)15-14(17)8-5-11-18-15/h2-8,11-12H,9-10H2,1H3,(H,19,20). The molecule has 0 fully saturated rings. The fourth-order valence-corrected chi connectivity index (χ4v) is 2.38. The third kappa shape index (κ3) is 4.17. The van der Waals surface area contributed by atoms with Crippen molar-refractivity contribution in [3.8, 4) is 0 Å². The molecular formula is C16H17BrN2O. The van der Waals surface area contributed by atoms with Crippen molar-refractivity contribution in [2.24, 2.45) is 0 Å². The number of nitrogens with one attached hydrogen (secondary N) is 1. The van der Waals surface area contributed by atoms with Crippen LogP contribution in [-0.2, 0) is 6.42 Å². The molecule has 104 valence electrons. The number of halogens is 1. The van der Waals surface area contributed by atoms with Gasteiger partial charge in [0.05, 0.1) is 0 Å². The summed E-state index contributed by atoms with van der Waals surface area (Å²) in [4.78, 5) is 16.2. The summed E-state index contributed by atoms with van der Waals surface area (Å²) in [6.07, 6.45) is 3.47. The molecule has 0 bridgehead atoms. The van der Waals surface area contributed by atoms with E-state index in [4.69, 9.17) is 0 Å². The second-order valence-corrected chi connectivity index (χ2v) is 5.59. The number of hydrogen-bond acceptors (Lipinski definition) is 2. The topological polar surface area (TPSA) is 42.0 Å². The molecule has 20 heavy (non-hydrogen) atoms. The SMILES string of the molecule is CC(CCc1ccccc1)NC(=O)c1ncccc1Br. The largest absolute Gasteiger partial charge is 0.348 e. The second kappa shape index (κ2) is 7.20. The van der Waals surface area contributed by atoms with Gasteiger partial charge in [-0.1, -0.05) is 30.3 Å². The molecule has 1 unspecified atom stereocenters. The Labute approximate surface area is 127 Å². The van der Waals surface area contributed by atoms with Gasteiger partial charge in [0.2, 0.25) is 0 Å². The first kappa shape index (κ1) is 14.7. The highest BCUT2D eigenvalue weighted by Gasteiger charge is 2.13. The summed E-state index contributed by atoms with van der Waals surface area (Å²) in [5, 5.41) is 2.98. The van der Waals surface area contributed by atoms with Crippen LogP contribution in [0.3, 0.4) is 0 Å². The first-order valence-corrected chi connectivity index (χ1v) is 7.41. The summed E-state index contributed by atoms with van der Waals surface area (Å²) in [6.45, 7) is 2.01. The Morgan fingerprint density at radius 3 is 2.70 bits per heavy atom. The Morgan fingerprint density at radius 2 is 2.00 bits per heavy atom. The van der Waals surface area contributed by atoms with E-state index in [1.807, 2.05) is 31.2 Å². The van der Waals surface area contributed by atoms with E-state index in [9.17, 15) is 4.79 Å². The first-order chi connectivity index (χ1) is 9.66. The van der Waals surface area contributed by atoms with E-state index in [-0.39, 0.29) is 11.9 Å². The van der Waals surface area contributed by atoms with Crippen molar-refractivity contribution in [3.05, 3.63) is 64.4 Å². The molecular weight excluding hydrogens is 316 g/mol. The van der Waals surface area contributed by atoms with Gasteiger partial charge in [-0.15, -0.1) is 0 Å². The highest BCUT2D eigenvalue weighted by molar-refractivity contribution is 9.10. The van der Waals surface area contributed by atoms with Gasteiger partial charge in [-0.05, 0) is 53.4 Å². The molecule has 2 rings (SSSR count). The highest BCUT2D eigenvalue weighted by atomic mass is 79.9. The van der Waals surface area contributed by atoms with E-state index in [1.165, 1.54) is 5.56 Å². The van der Waals surface area contributed by atoms with Crippen LogP contribution in [0, 0.1) is 0 Å². The van der Waals surface area contributed by atoms with Crippen molar-refractivity contribution in [2.45, 2.75) is 25.8 Å². The maximum Gasteiger partial charge on any atom is 0.271 e. The van der Waals surface area contributed by atoms with Gasteiger partial charge in [0.25, 0.3) is 5.91 Å². The zero-order valence-corrected chi connectivity index (χ0v) is 12.9. The van der Waals surface area contributed by atoms with Gasteiger partial charge in [-0.3, -0.25) is 4.79 Å². The molecule has 1 amide bonds. The van der Waals surface area contributed by atoms with Crippen LogP contribution in [0.1, 0.15) is 29.4 Å². The molecule has 0 aliphatic rings. The van der Waals surface area contributed by atoms with E-state index in [1.54, 1.807) is 12.3 Å². The van der Waals surface area contributed by atoms with Crippen molar-refractivity contribution in [3.63, 3.8) is 0 Å². The maximum absolute atomic E-state index is 12.1. The molecule has 0 spiro atoms. The fraction of sp³-hybridized carbons (Fsp3) is 0.250. The van der Waals surface area contributed by atoms with Crippen LogP contribution in [0.4, 0.5) is 0 Å². The molecule has 1 aromatic carbocycles. The number of benzene rings is 1. The molecule has 1 aromatic heterocycles. The first-order valence-electron chi connectivity index (χ1n) is 6.62. The van der Waals surface area contributed by atoms with E-state index < -0.39 is 0 Å². The number of pyridine rings is 1. The lowest BCUT2D eigenvalue weighted by atomic mass is 10.1. The number of carbonyl (C=O) groups is 1. The molecule has 0 saturated heterocycles. The van der Waals surface area contributed by atoms with Gasteiger partial charge in [-0.2, -0.15) is 0 Å². The Hall–Kier alpha value is -1.68. The lowest BCUT2D eigenvalue weighted by Gasteiger charge is -2.14. The van der Waals surface area contributed by atoms with Crippen LogP contribution in [-0.4, -0.2) is 16.9 Å². The highest BCUT2D eigenvalue weighted by Crippen LogP contribution is 2.13. The predicted molar refractivity (Wildman–Crippen MR) is 83.6 cm³/mol. The minimum Gasteiger partial charge on any atom is -0.348 e. The van der Waals surface area contributed by atoms with Crippen molar-refractivity contribution in [2.75, 3.05) is 0 Å². The van der Waals surface area contributed by atoms with Crippen molar-refractivity contribution >= 4 is 21.8 Å². The molecule has 0 aliphatic heterocycles. The molecule has 0 saturated carbocycles. The van der Waals surface area contributed by atoms with Crippen LogP contribution < -0.4 is 5.32 Å². The average molecular weight is 333 g/mol. The van der Waals surface area contributed by atoms with Crippen LogP contribution in [0.2, 0.25) is 0 Å². The number of amides is 1. The van der Waals surface area contributed by atoms with Gasteiger partial charge in [0.1, 0.15) is 5.69 Å². The van der Waals surface area contributed by atoms with E-state index in [0.717, 1.165) is 12.8 Å². The van der Waals surface area contributed by atoms with Crippen LogP contribution in [0.25, 0.3) is 0 Å². The Morgan fingerprint density at radius 1 is 1.25 bits per heavy atom. The number of aromatic nitrogens is 1.